The number of carbonyl (C=O) groups excluding carboxylic acids is 2. The fraction of sp³-hybridized carbons (Fsp3) is 0.250. The molecule has 2 N–H and O–H groups in total. The molecule has 0 radical (unpaired) electrons. The zero-order chi connectivity index (χ0) is 30.8. The van der Waals surface area contributed by atoms with Crippen molar-refractivity contribution in [1.82, 2.24) is 0 Å². The summed E-state index contributed by atoms with van der Waals surface area (Å²) < 4.78 is 101. The van der Waals surface area contributed by atoms with E-state index in [4.69, 9.17) is 18.6 Å². The van der Waals surface area contributed by atoms with Gasteiger partial charge in [-0.3, -0.25) is 13.9 Å². The molecule has 0 fully saturated rings. The van der Waals surface area contributed by atoms with Crippen molar-refractivity contribution >= 4 is 59.3 Å². The topological polar surface area (TPSA) is 268 Å². The zero-order valence-corrected chi connectivity index (χ0v) is 26.2. The molecule has 1 amide bonds. The number of benzene rings is 2. The smallest absolute Gasteiger partial charge is 0.543 e. The second kappa shape index (κ2) is 13.5. The van der Waals surface area contributed by atoms with Crippen LogP contribution in [0.3, 0.4) is 0 Å². The summed E-state index contributed by atoms with van der Waals surface area (Å²) in [5.41, 5.74) is -1.16. The molecule has 3 rings (SSSR count). The maximum Gasteiger partial charge on any atom is 1.00 e. The molecular formula is C20H19N4NaO14S3. The van der Waals surface area contributed by atoms with Crippen LogP contribution in [-0.4, -0.2) is 84.6 Å². The number of carboxylic acid groups (broad SMARTS) is 1. The SMILES string of the molecule is COc1cc(S(=O)(=O)CCOS(=O)(=O)O)c(OC)cc1N=NC1C(=O)N(c2ccc(S(=O)(=O)O)cc2)N=C1C(=O)[O-].[Na+]. The average molecular weight is 659 g/mol. The number of hydrogen-bond acceptors (Lipinski definition) is 15. The molecule has 1 heterocycles. The second-order valence-corrected chi connectivity index (χ2v) is 12.3. The van der Waals surface area contributed by atoms with E-state index in [1.807, 2.05) is 0 Å². The first-order chi connectivity index (χ1) is 19.0. The van der Waals surface area contributed by atoms with Gasteiger partial charge >= 0.3 is 40.0 Å². The van der Waals surface area contributed by atoms with E-state index in [0.29, 0.717) is 5.01 Å². The molecule has 0 saturated carbocycles. The molecule has 0 spiro atoms. The number of ether oxygens (including phenoxy) is 2. The predicted octanol–water partition coefficient (Wildman–Crippen LogP) is -3.85. The number of sulfone groups is 1. The maximum absolute atomic E-state index is 12.9. The monoisotopic (exact) mass is 658 g/mol. The summed E-state index contributed by atoms with van der Waals surface area (Å²) in [6.45, 7) is -0.918. The molecule has 2 aromatic rings. The molecule has 0 aliphatic carbocycles. The van der Waals surface area contributed by atoms with Crippen LogP contribution in [0.15, 0.2) is 61.5 Å². The van der Waals surface area contributed by atoms with Gasteiger partial charge in [0.1, 0.15) is 27.8 Å². The summed E-state index contributed by atoms with van der Waals surface area (Å²) in [6.07, 6.45) is 0. The van der Waals surface area contributed by atoms with Gasteiger partial charge in [-0.05, 0) is 24.3 Å². The van der Waals surface area contributed by atoms with E-state index >= 15 is 0 Å². The number of azo groups is 1. The number of anilines is 1. The fourth-order valence-corrected chi connectivity index (χ4v) is 5.44. The van der Waals surface area contributed by atoms with Gasteiger partial charge in [-0.2, -0.15) is 37.2 Å². The van der Waals surface area contributed by atoms with Gasteiger partial charge in [-0.15, -0.1) is 0 Å². The Bertz CT molecular complexity index is 1760. The van der Waals surface area contributed by atoms with E-state index in [2.05, 4.69) is 19.5 Å². The van der Waals surface area contributed by atoms with Gasteiger partial charge in [0, 0.05) is 12.1 Å². The summed E-state index contributed by atoms with van der Waals surface area (Å²) in [5, 5.41) is 23.4. The fourth-order valence-electron chi connectivity index (χ4n) is 3.30. The minimum absolute atomic E-state index is 0. The minimum atomic E-state index is -4.89. The summed E-state index contributed by atoms with van der Waals surface area (Å²) in [5.74, 6) is -4.36. The molecule has 42 heavy (non-hydrogen) atoms. The molecule has 0 aromatic heterocycles. The van der Waals surface area contributed by atoms with Crippen LogP contribution in [0.25, 0.3) is 0 Å². The van der Waals surface area contributed by atoms with Gasteiger partial charge in [0.2, 0.25) is 0 Å². The summed E-state index contributed by atoms with van der Waals surface area (Å²) in [4.78, 5) is 23.6. The Hall–Kier alpha value is -3.02. The Morgan fingerprint density at radius 3 is 2.12 bits per heavy atom. The Balaban J connectivity index is 0.00000616. The van der Waals surface area contributed by atoms with Crippen LogP contribution in [0.5, 0.6) is 11.5 Å². The number of amides is 1. The maximum atomic E-state index is 12.9. The van der Waals surface area contributed by atoms with Gasteiger partial charge in [0.25, 0.3) is 16.0 Å². The zero-order valence-electron chi connectivity index (χ0n) is 21.8. The quantitative estimate of drug-likeness (QED) is 0.126. The van der Waals surface area contributed by atoms with Crippen molar-refractivity contribution in [2.24, 2.45) is 15.3 Å². The molecule has 18 nitrogen and oxygen atoms in total. The van der Waals surface area contributed by atoms with Crippen molar-refractivity contribution in [3.63, 3.8) is 0 Å². The van der Waals surface area contributed by atoms with Gasteiger partial charge in [0.05, 0.1) is 43.1 Å². The third-order valence-corrected chi connectivity index (χ3v) is 8.19. The summed E-state index contributed by atoms with van der Waals surface area (Å²) in [7, 11) is -11.5. The molecule has 2 aromatic carbocycles. The van der Waals surface area contributed by atoms with Gasteiger partial charge in [-0.1, -0.05) is 0 Å². The Labute approximate surface area is 260 Å². The van der Waals surface area contributed by atoms with E-state index in [9.17, 15) is 39.9 Å². The van der Waals surface area contributed by atoms with Gasteiger partial charge in [-0.25, -0.2) is 12.6 Å². The Morgan fingerprint density at radius 2 is 1.62 bits per heavy atom. The van der Waals surface area contributed by atoms with Gasteiger partial charge < -0.3 is 19.4 Å². The standard InChI is InChI=1S/C20H20N4O14S3.Na/c1-36-14-10-16(39(28,29)8-7-38-41(33,34)35)15(37-2)9-13(14)21-22-17-18(20(26)27)23-24(19(17)25)11-3-5-12(6-4-11)40(30,31)32;/h3-6,9-10,17H,7-8H2,1-2H3,(H,26,27)(H,30,31,32)(H,33,34,35);/q;+1/p-1. The minimum Gasteiger partial charge on any atom is -0.543 e. The number of hydrogen-bond donors (Lipinski definition) is 2. The first kappa shape index (κ1) is 35.2. The molecule has 222 valence electrons. The number of aliphatic carboxylic acids is 1. The summed E-state index contributed by atoms with van der Waals surface area (Å²) >= 11 is 0. The normalized spacial score (nSPS) is 15.8. The molecule has 0 bridgehead atoms. The third kappa shape index (κ3) is 8.29. The molecule has 1 atom stereocenters. The van der Waals surface area contributed by atoms with Crippen molar-refractivity contribution < 1.29 is 92.3 Å². The van der Waals surface area contributed by atoms with Crippen molar-refractivity contribution in [3.05, 3.63) is 36.4 Å². The molecule has 0 saturated heterocycles. The number of methoxy groups -OCH3 is 2. The number of carbonyl (C=O) groups is 2. The predicted molar refractivity (Wildman–Crippen MR) is 134 cm³/mol. The van der Waals surface area contributed by atoms with E-state index in [-0.39, 0.29) is 52.4 Å². The first-order valence-electron chi connectivity index (χ1n) is 10.7. The van der Waals surface area contributed by atoms with Crippen molar-refractivity contribution in [2.75, 3.05) is 31.6 Å². The molecule has 22 heteroatoms. The Morgan fingerprint density at radius 1 is 1.02 bits per heavy atom. The van der Waals surface area contributed by atoms with E-state index in [0.717, 1.165) is 50.6 Å². The van der Waals surface area contributed by atoms with Crippen LogP contribution in [0, 0.1) is 0 Å². The van der Waals surface area contributed by atoms with Crippen molar-refractivity contribution in [2.45, 2.75) is 15.8 Å². The molecule has 1 aliphatic rings. The number of hydrazone groups is 1. The van der Waals surface area contributed by atoms with E-state index in [1.54, 1.807) is 0 Å². The van der Waals surface area contributed by atoms with Crippen LogP contribution in [0.1, 0.15) is 0 Å². The van der Waals surface area contributed by atoms with Crippen LogP contribution >= 0.6 is 0 Å². The number of carboxylic acids is 1. The van der Waals surface area contributed by atoms with Gasteiger partial charge in [0.15, 0.2) is 15.9 Å². The average Bonchev–Trinajstić information content (AvgIpc) is 3.21. The summed E-state index contributed by atoms with van der Waals surface area (Å²) in [6, 6.07) is 4.17. The van der Waals surface area contributed by atoms with E-state index < -0.39 is 76.1 Å². The van der Waals surface area contributed by atoms with E-state index in [1.165, 1.54) is 0 Å². The van der Waals surface area contributed by atoms with Crippen LogP contribution in [0.2, 0.25) is 0 Å². The third-order valence-electron chi connectivity index (χ3n) is 5.16. The van der Waals surface area contributed by atoms with Crippen LogP contribution in [0.4, 0.5) is 11.4 Å². The van der Waals surface area contributed by atoms with Crippen LogP contribution < -0.4 is 49.1 Å². The number of nitrogens with zero attached hydrogens (tertiary/aromatic N) is 4. The van der Waals surface area contributed by atoms with Crippen LogP contribution in [-0.2, 0) is 44.1 Å². The molecule has 1 aliphatic heterocycles. The molecule has 1 unspecified atom stereocenters. The Kier molecular flexibility index (Phi) is 11.3. The van der Waals surface area contributed by atoms with Crippen molar-refractivity contribution in [1.29, 1.82) is 0 Å². The van der Waals surface area contributed by atoms with Crippen molar-refractivity contribution in [3.8, 4) is 11.5 Å². The number of rotatable bonds is 12. The first-order valence-corrected chi connectivity index (χ1v) is 15.2. The largest absolute Gasteiger partial charge is 1.00 e. The molecular weight excluding hydrogens is 639 g/mol. The second-order valence-electron chi connectivity index (χ2n) is 7.75.